The van der Waals surface area contributed by atoms with Gasteiger partial charge in [-0.05, 0) is 43.2 Å². The first kappa shape index (κ1) is 20.5. The Balaban J connectivity index is 1.20. The summed E-state index contributed by atoms with van der Waals surface area (Å²) in [7, 11) is 0. The van der Waals surface area contributed by atoms with E-state index in [4.69, 9.17) is 4.52 Å². The largest absolute Gasteiger partial charge is 0.353 e. The second-order valence-electron chi connectivity index (χ2n) is 8.25. The van der Waals surface area contributed by atoms with Crippen molar-refractivity contribution in [3.05, 3.63) is 59.6 Å². The van der Waals surface area contributed by atoms with Crippen LogP contribution in [0.5, 0.6) is 0 Å². The molecule has 9 heteroatoms. The Kier molecular flexibility index (Phi) is 5.55. The van der Waals surface area contributed by atoms with Crippen molar-refractivity contribution < 1.29 is 18.1 Å². The van der Waals surface area contributed by atoms with Gasteiger partial charge in [-0.2, -0.15) is 4.98 Å². The molecule has 1 aliphatic heterocycles. The second-order valence-corrected chi connectivity index (χ2v) is 8.25. The van der Waals surface area contributed by atoms with E-state index in [2.05, 4.69) is 20.0 Å². The lowest BCUT2D eigenvalue weighted by Crippen LogP contribution is -2.49. The van der Waals surface area contributed by atoms with E-state index in [1.54, 1.807) is 11.1 Å². The predicted octanol–water partition coefficient (Wildman–Crippen LogP) is 4.03. The summed E-state index contributed by atoms with van der Waals surface area (Å²) in [6, 6.07) is 7.06. The van der Waals surface area contributed by atoms with Crippen molar-refractivity contribution in [1.82, 2.24) is 20.0 Å². The standard InChI is InChI=1S/C23H23F2N5O2/c24-18-7-5-16(13-19(18)25)23(31)30-11-9-29(10-12-30)20-8-6-17(14-26-20)21-27-22(32-28-21)15-3-1-2-4-15/h5-8,13-15H,1-4,9-12H2. The first-order valence-corrected chi connectivity index (χ1v) is 10.9. The van der Waals surface area contributed by atoms with Crippen LogP contribution in [0.3, 0.4) is 0 Å². The number of rotatable bonds is 4. The van der Waals surface area contributed by atoms with Crippen LogP contribution in [0.2, 0.25) is 0 Å². The van der Waals surface area contributed by atoms with Crippen molar-refractivity contribution in [3.63, 3.8) is 0 Å². The van der Waals surface area contributed by atoms with Gasteiger partial charge in [-0.15, -0.1) is 0 Å². The Morgan fingerprint density at radius 1 is 1.00 bits per heavy atom. The number of piperazine rings is 1. The molecule has 2 aromatic heterocycles. The number of carbonyl (C=O) groups is 1. The van der Waals surface area contributed by atoms with E-state index in [0.717, 1.165) is 36.4 Å². The summed E-state index contributed by atoms with van der Waals surface area (Å²) in [5.74, 6) is 0.146. The maximum absolute atomic E-state index is 13.4. The molecule has 1 amide bonds. The summed E-state index contributed by atoms with van der Waals surface area (Å²) < 4.78 is 32.0. The van der Waals surface area contributed by atoms with Crippen LogP contribution in [-0.2, 0) is 0 Å². The first-order valence-electron chi connectivity index (χ1n) is 10.9. The van der Waals surface area contributed by atoms with Gasteiger partial charge in [0.05, 0.1) is 0 Å². The van der Waals surface area contributed by atoms with Crippen LogP contribution in [-0.4, -0.2) is 52.1 Å². The van der Waals surface area contributed by atoms with Crippen LogP contribution in [0.1, 0.15) is 47.8 Å². The number of halogens is 2. The molecule has 0 spiro atoms. The van der Waals surface area contributed by atoms with E-state index in [1.165, 1.54) is 18.9 Å². The maximum Gasteiger partial charge on any atom is 0.254 e. The van der Waals surface area contributed by atoms with Crippen molar-refractivity contribution in [2.75, 3.05) is 31.1 Å². The van der Waals surface area contributed by atoms with E-state index in [0.29, 0.717) is 43.8 Å². The highest BCUT2D eigenvalue weighted by atomic mass is 19.2. The van der Waals surface area contributed by atoms with Crippen molar-refractivity contribution in [1.29, 1.82) is 0 Å². The maximum atomic E-state index is 13.4. The molecule has 7 nitrogen and oxygen atoms in total. The highest BCUT2D eigenvalue weighted by Gasteiger charge is 2.25. The molecule has 3 heterocycles. The molecule has 166 valence electrons. The number of aromatic nitrogens is 3. The topological polar surface area (TPSA) is 75.4 Å². The minimum atomic E-state index is -1.02. The van der Waals surface area contributed by atoms with Crippen LogP contribution in [0.25, 0.3) is 11.4 Å². The first-order chi connectivity index (χ1) is 15.6. The monoisotopic (exact) mass is 439 g/mol. The Hall–Kier alpha value is -3.36. The third-order valence-corrected chi connectivity index (χ3v) is 6.21. The van der Waals surface area contributed by atoms with Crippen molar-refractivity contribution in [3.8, 4) is 11.4 Å². The van der Waals surface area contributed by atoms with Gasteiger partial charge < -0.3 is 14.3 Å². The van der Waals surface area contributed by atoms with Crippen LogP contribution in [0.15, 0.2) is 41.1 Å². The lowest BCUT2D eigenvalue weighted by atomic mass is 10.1. The van der Waals surface area contributed by atoms with Gasteiger partial charge in [-0.1, -0.05) is 18.0 Å². The Morgan fingerprint density at radius 3 is 2.47 bits per heavy atom. The molecular formula is C23H23F2N5O2. The number of anilines is 1. The van der Waals surface area contributed by atoms with Gasteiger partial charge in [0.25, 0.3) is 5.91 Å². The number of hydrogen-bond acceptors (Lipinski definition) is 6. The van der Waals surface area contributed by atoms with Crippen LogP contribution < -0.4 is 4.90 Å². The van der Waals surface area contributed by atoms with Gasteiger partial charge in [0.1, 0.15) is 5.82 Å². The SMILES string of the molecule is O=C(c1ccc(F)c(F)c1)N1CCN(c2ccc(-c3noc(C4CCCC4)n3)cn2)CC1. The van der Waals surface area contributed by atoms with Gasteiger partial charge in [-0.25, -0.2) is 13.8 Å². The molecule has 1 saturated carbocycles. The molecule has 0 unspecified atom stereocenters. The summed E-state index contributed by atoms with van der Waals surface area (Å²) in [5.41, 5.74) is 0.950. The van der Waals surface area contributed by atoms with Crippen molar-refractivity contribution in [2.45, 2.75) is 31.6 Å². The van der Waals surface area contributed by atoms with Crippen LogP contribution in [0.4, 0.5) is 14.6 Å². The Labute approximate surface area is 184 Å². The molecule has 1 saturated heterocycles. The lowest BCUT2D eigenvalue weighted by molar-refractivity contribution is 0.0746. The number of amides is 1. The number of carbonyl (C=O) groups excluding carboxylic acids is 1. The third-order valence-electron chi connectivity index (χ3n) is 6.21. The molecule has 1 aliphatic carbocycles. The highest BCUT2D eigenvalue weighted by molar-refractivity contribution is 5.94. The highest BCUT2D eigenvalue weighted by Crippen LogP contribution is 2.34. The average Bonchev–Trinajstić information content (AvgIpc) is 3.53. The number of nitrogens with zero attached hydrogens (tertiary/aromatic N) is 5. The van der Waals surface area contributed by atoms with E-state index >= 15 is 0 Å². The third kappa shape index (κ3) is 4.06. The summed E-state index contributed by atoms with van der Waals surface area (Å²) in [6.07, 6.45) is 6.35. The van der Waals surface area contributed by atoms with Crippen molar-refractivity contribution >= 4 is 11.7 Å². The average molecular weight is 439 g/mol. The molecule has 0 N–H and O–H groups in total. The zero-order chi connectivity index (χ0) is 22.1. The zero-order valence-electron chi connectivity index (χ0n) is 17.5. The van der Waals surface area contributed by atoms with Gasteiger partial charge in [-0.3, -0.25) is 4.79 Å². The molecule has 32 heavy (non-hydrogen) atoms. The normalized spacial score (nSPS) is 17.2. The molecule has 0 bridgehead atoms. The van der Waals surface area contributed by atoms with E-state index < -0.39 is 11.6 Å². The minimum Gasteiger partial charge on any atom is -0.353 e. The minimum absolute atomic E-state index is 0.150. The molecule has 3 aromatic rings. The van der Waals surface area contributed by atoms with Gasteiger partial charge in [0, 0.05) is 49.4 Å². The quantitative estimate of drug-likeness (QED) is 0.611. The lowest BCUT2D eigenvalue weighted by Gasteiger charge is -2.35. The fourth-order valence-electron chi connectivity index (χ4n) is 4.35. The van der Waals surface area contributed by atoms with Crippen molar-refractivity contribution in [2.24, 2.45) is 0 Å². The molecule has 2 fully saturated rings. The van der Waals surface area contributed by atoms with Crippen LogP contribution in [0, 0.1) is 11.6 Å². The smallest absolute Gasteiger partial charge is 0.254 e. The molecular weight excluding hydrogens is 416 g/mol. The van der Waals surface area contributed by atoms with E-state index in [-0.39, 0.29) is 11.5 Å². The molecule has 0 atom stereocenters. The fraction of sp³-hybridized carbons (Fsp3) is 0.391. The van der Waals surface area contributed by atoms with Gasteiger partial charge >= 0.3 is 0 Å². The Bertz CT molecular complexity index is 1100. The second kappa shape index (κ2) is 8.64. The number of hydrogen-bond donors (Lipinski definition) is 0. The van der Waals surface area contributed by atoms with Gasteiger partial charge in [0.2, 0.25) is 11.7 Å². The predicted molar refractivity (Wildman–Crippen MR) is 113 cm³/mol. The summed E-state index contributed by atoms with van der Waals surface area (Å²) in [6.45, 7) is 2.12. The number of pyridine rings is 1. The fourth-order valence-corrected chi connectivity index (χ4v) is 4.35. The summed E-state index contributed by atoms with van der Waals surface area (Å²) in [4.78, 5) is 25.4. The molecule has 1 aromatic carbocycles. The zero-order valence-corrected chi connectivity index (χ0v) is 17.5. The van der Waals surface area contributed by atoms with E-state index in [1.807, 2.05) is 12.1 Å². The summed E-state index contributed by atoms with van der Waals surface area (Å²) in [5, 5.41) is 4.11. The van der Waals surface area contributed by atoms with Crippen LogP contribution >= 0.6 is 0 Å². The van der Waals surface area contributed by atoms with Gasteiger partial charge in [0.15, 0.2) is 11.6 Å². The molecule has 5 rings (SSSR count). The molecule has 2 aliphatic rings. The summed E-state index contributed by atoms with van der Waals surface area (Å²) >= 11 is 0. The number of benzene rings is 1. The molecule has 0 radical (unpaired) electrons. The van der Waals surface area contributed by atoms with E-state index in [9.17, 15) is 13.6 Å². The Morgan fingerprint density at radius 2 is 1.78 bits per heavy atom.